The number of rotatable bonds is 3. The van der Waals surface area contributed by atoms with Gasteiger partial charge in [0.05, 0.1) is 19.8 Å². The van der Waals surface area contributed by atoms with Gasteiger partial charge in [-0.25, -0.2) is 0 Å². The van der Waals surface area contributed by atoms with Crippen LogP contribution in [0, 0.1) is 12.3 Å². The van der Waals surface area contributed by atoms with Gasteiger partial charge in [0.15, 0.2) is 5.78 Å². The van der Waals surface area contributed by atoms with E-state index < -0.39 is 5.41 Å². The highest BCUT2D eigenvalue weighted by Gasteiger charge is 2.45. The van der Waals surface area contributed by atoms with E-state index in [9.17, 15) is 9.90 Å². The number of hydrogen-bond acceptors (Lipinski definition) is 3. The Morgan fingerprint density at radius 2 is 2.27 bits per heavy atom. The molecule has 0 saturated carbocycles. The highest BCUT2D eigenvalue weighted by Crippen LogP contribution is 2.31. The molecular weight excluding hydrogens is 192 g/mol. The molecule has 0 aliphatic carbocycles. The molecule has 1 aliphatic heterocycles. The van der Waals surface area contributed by atoms with Gasteiger partial charge in [0.2, 0.25) is 0 Å². The minimum absolute atomic E-state index is 0.0139. The molecule has 1 heterocycles. The van der Waals surface area contributed by atoms with Crippen LogP contribution in [0.15, 0.2) is 24.3 Å². The van der Waals surface area contributed by atoms with Gasteiger partial charge < -0.3 is 9.84 Å². The summed E-state index contributed by atoms with van der Waals surface area (Å²) >= 11 is 0. The fraction of sp³-hybridized carbons (Fsp3) is 0.417. The third kappa shape index (κ3) is 1.68. The first-order valence-electron chi connectivity index (χ1n) is 4.98. The smallest absolute Gasteiger partial charge is 0.175 e. The summed E-state index contributed by atoms with van der Waals surface area (Å²) in [4.78, 5) is 12.1. The quantitative estimate of drug-likeness (QED) is 0.755. The summed E-state index contributed by atoms with van der Waals surface area (Å²) in [7, 11) is 0. The van der Waals surface area contributed by atoms with Crippen LogP contribution >= 0.6 is 0 Å². The van der Waals surface area contributed by atoms with E-state index in [0.29, 0.717) is 18.8 Å². The fourth-order valence-electron chi connectivity index (χ4n) is 1.74. The predicted molar refractivity (Wildman–Crippen MR) is 55.8 cm³/mol. The normalized spacial score (nSPS) is 18.3. The molecule has 0 bridgehead atoms. The molecule has 0 spiro atoms. The zero-order valence-electron chi connectivity index (χ0n) is 8.69. The number of carbonyl (C=O) groups excluding carboxylic acids is 1. The minimum Gasteiger partial charge on any atom is -0.395 e. The summed E-state index contributed by atoms with van der Waals surface area (Å²) in [6.07, 6.45) is 0. The van der Waals surface area contributed by atoms with Crippen molar-refractivity contribution in [2.24, 2.45) is 5.41 Å². The molecule has 0 unspecified atom stereocenters. The molecule has 3 nitrogen and oxygen atoms in total. The molecule has 15 heavy (non-hydrogen) atoms. The molecule has 0 aromatic heterocycles. The third-order valence-corrected chi connectivity index (χ3v) is 2.82. The number of ketones is 1. The highest BCUT2D eigenvalue weighted by molar-refractivity contribution is 6.01. The van der Waals surface area contributed by atoms with Crippen molar-refractivity contribution in [3.63, 3.8) is 0 Å². The van der Waals surface area contributed by atoms with Crippen LogP contribution < -0.4 is 0 Å². The molecule has 0 amide bonds. The molecule has 0 radical (unpaired) electrons. The summed E-state index contributed by atoms with van der Waals surface area (Å²) in [5.41, 5.74) is 1.02. The highest BCUT2D eigenvalue weighted by atomic mass is 16.5. The fourth-order valence-corrected chi connectivity index (χ4v) is 1.74. The Kier molecular flexibility index (Phi) is 2.59. The van der Waals surface area contributed by atoms with Gasteiger partial charge in [-0.05, 0) is 13.0 Å². The Labute approximate surface area is 88.7 Å². The van der Waals surface area contributed by atoms with Crippen LogP contribution in [-0.2, 0) is 4.74 Å². The van der Waals surface area contributed by atoms with Crippen LogP contribution in [0.25, 0.3) is 0 Å². The van der Waals surface area contributed by atoms with Crippen molar-refractivity contribution >= 4 is 5.78 Å². The summed E-state index contributed by atoms with van der Waals surface area (Å²) in [6.45, 7) is 2.46. The molecule has 1 aromatic carbocycles. The maximum Gasteiger partial charge on any atom is 0.175 e. The van der Waals surface area contributed by atoms with Crippen LogP contribution in [0.3, 0.4) is 0 Å². The lowest BCUT2D eigenvalue weighted by Gasteiger charge is -2.38. The summed E-state index contributed by atoms with van der Waals surface area (Å²) in [6, 6.07) is 7.43. The largest absolute Gasteiger partial charge is 0.395 e. The van der Waals surface area contributed by atoms with Crippen LogP contribution in [0.5, 0.6) is 0 Å². The maximum atomic E-state index is 12.1. The number of hydrogen-bond donors (Lipinski definition) is 1. The van der Waals surface area contributed by atoms with Gasteiger partial charge in [0, 0.05) is 5.56 Å². The zero-order chi connectivity index (χ0) is 10.9. The Bertz CT molecular complexity index is 375. The molecule has 3 heteroatoms. The Morgan fingerprint density at radius 3 is 2.73 bits per heavy atom. The van der Waals surface area contributed by atoms with E-state index in [4.69, 9.17) is 4.74 Å². The maximum absolute atomic E-state index is 12.1. The molecule has 80 valence electrons. The first kappa shape index (κ1) is 10.3. The van der Waals surface area contributed by atoms with Crippen LogP contribution in [0.2, 0.25) is 0 Å². The van der Waals surface area contributed by atoms with E-state index in [1.807, 2.05) is 25.1 Å². The zero-order valence-corrected chi connectivity index (χ0v) is 8.69. The van der Waals surface area contributed by atoms with E-state index in [1.54, 1.807) is 6.07 Å². The van der Waals surface area contributed by atoms with E-state index in [2.05, 4.69) is 0 Å². The number of aryl methyl sites for hydroxylation is 1. The summed E-state index contributed by atoms with van der Waals surface area (Å²) in [5, 5.41) is 9.24. The van der Waals surface area contributed by atoms with Crippen molar-refractivity contribution in [2.45, 2.75) is 6.92 Å². The number of carbonyl (C=O) groups is 1. The molecule has 1 fully saturated rings. The first-order valence-corrected chi connectivity index (χ1v) is 4.98. The topological polar surface area (TPSA) is 46.5 Å². The molecule has 1 saturated heterocycles. The Morgan fingerprint density at radius 1 is 1.53 bits per heavy atom. The molecule has 1 aromatic rings. The molecule has 1 N–H and O–H groups in total. The Hall–Kier alpha value is -1.19. The summed E-state index contributed by atoms with van der Waals surface area (Å²) < 4.78 is 5.02. The van der Waals surface area contributed by atoms with E-state index in [1.165, 1.54) is 0 Å². The standard InChI is InChI=1S/C12H14O3/c1-9-3-2-4-10(5-9)11(14)12(6-13)7-15-8-12/h2-5,13H,6-8H2,1H3. The van der Waals surface area contributed by atoms with E-state index in [0.717, 1.165) is 5.56 Å². The van der Waals surface area contributed by atoms with Crippen molar-refractivity contribution in [1.82, 2.24) is 0 Å². The Balaban J connectivity index is 2.27. The number of benzene rings is 1. The van der Waals surface area contributed by atoms with Gasteiger partial charge >= 0.3 is 0 Å². The van der Waals surface area contributed by atoms with Crippen molar-refractivity contribution < 1.29 is 14.6 Å². The van der Waals surface area contributed by atoms with Crippen molar-refractivity contribution in [2.75, 3.05) is 19.8 Å². The van der Waals surface area contributed by atoms with Crippen LogP contribution in [0.4, 0.5) is 0 Å². The van der Waals surface area contributed by atoms with Gasteiger partial charge in [0.25, 0.3) is 0 Å². The lowest BCUT2D eigenvalue weighted by Crippen LogP contribution is -2.51. The second-order valence-electron chi connectivity index (χ2n) is 4.13. The van der Waals surface area contributed by atoms with Crippen molar-refractivity contribution in [3.05, 3.63) is 35.4 Å². The first-order chi connectivity index (χ1) is 7.18. The molecule has 1 aliphatic rings. The SMILES string of the molecule is Cc1cccc(C(=O)C2(CO)COC2)c1. The van der Waals surface area contributed by atoms with E-state index in [-0.39, 0.29) is 12.4 Å². The third-order valence-electron chi connectivity index (χ3n) is 2.82. The molecular formula is C12H14O3. The van der Waals surface area contributed by atoms with Gasteiger partial charge in [-0.3, -0.25) is 4.79 Å². The van der Waals surface area contributed by atoms with Crippen molar-refractivity contribution in [1.29, 1.82) is 0 Å². The number of aliphatic hydroxyl groups is 1. The number of aliphatic hydroxyl groups excluding tert-OH is 1. The second kappa shape index (κ2) is 3.76. The average Bonchev–Trinajstić information content (AvgIpc) is 2.17. The average molecular weight is 206 g/mol. The van der Waals surface area contributed by atoms with Crippen molar-refractivity contribution in [3.8, 4) is 0 Å². The van der Waals surface area contributed by atoms with Gasteiger partial charge in [0.1, 0.15) is 5.41 Å². The van der Waals surface area contributed by atoms with Crippen LogP contribution in [-0.4, -0.2) is 30.7 Å². The minimum atomic E-state index is -0.687. The number of ether oxygens (including phenoxy) is 1. The van der Waals surface area contributed by atoms with Gasteiger partial charge in [-0.15, -0.1) is 0 Å². The number of Topliss-reactive ketones (excluding diaryl/α,β-unsaturated/α-hetero) is 1. The van der Waals surface area contributed by atoms with Gasteiger partial charge in [-0.1, -0.05) is 23.8 Å². The molecule has 2 rings (SSSR count). The van der Waals surface area contributed by atoms with Gasteiger partial charge in [-0.2, -0.15) is 0 Å². The predicted octanol–water partition coefficient (Wildman–Crippen LogP) is 1.19. The second-order valence-corrected chi connectivity index (χ2v) is 4.13. The molecule has 0 atom stereocenters. The lowest BCUT2D eigenvalue weighted by molar-refractivity contribution is -0.109. The van der Waals surface area contributed by atoms with Crippen LogP contribution in [0.1, 0.15) is 15.9 Å². The summed E-state index contributed by atoms with van der Waals surface area (Å²) in [5.74, 6) is -0.0139. The lowest BCUT2D eigenvalue weighted by atomic mass is 9.79. The monoisotopic (exact) mass is 206 g/mol. The van der Waals surface area contributed by atoms with E-state index >= 15 is 0 Å².